The van der Waals surface area contributed by atoms with Gasteiger partial charge < -0.3 is 10.0 Å². The molecule has 0 atom stereocenters. The van der Waals surface area contributed by atoms with Crippen LogP contribution < -0.4 is 4.90 Å². The number of aromatic carboxylic acids is 1. The van der Waals surface area contributed by atoms with Gasteiger partial charge in [-0.05, 0) is 39.0 Å². The number of carbonyl (C=O) groups is 1. The number of aromatic nitrogens is 2. The Morgan fingerprint density at radius 2 is 1.85 bits per heavy atom. The van der Waals surface area contributed by atoms with E-state index in [2.05, 4.69) is 9.97 Å². The van der Waals surface area contributed by atoms with Gasteiger partial charge in [0.05, 0.1) is 0 Å². The Labute approximate surface area is 117 Å². The van der Waals surface area contributed by atoms with Crippen molar-refractivity contribution in [1.82, 2.24) is 9.97 Å². The van der Waals surface area contributed by atoms with Crippen LogP contribution in [-0.2, 0) is 0 Å². The molecule has 2 aromatic rings. The van der Waals surface area contributed by atoms with Crippen molar-refractivity contribution in [2.24, 2.45) is 0 Å². The van der Waals surface area contributed by atoms with Gasteiger partial charge in [-0.15, -0.1) is 0 Å². The second-order valence-electron chi connectivity index (χ2n) is 4.58. The zero-order valence-corrected chi connectivity index (χ0v) is 11.8. The summed E-state index contributed by atoms with van der Waals surface area (Å²) in [6, 6.07) is 9.43. The summed E-state index contributed by atoms with van der Waals surface area (Å²) in [6.45, 7) is 6.42. The van der Waals surface area contributed by atoms with Gasteiger partial charge in [0.1, 0.15) is 0 Å². The molecule has 0 saturated heterocycles. The third-order valence-corrected chi connectivity index (χ3v) is 2.96. The molecule has 1 aromatic carbocycles. The van der Waals surface area contributed by atoms with E-state index in [0.29, 0.717) is 18.2 Å². The summed E-state index contributed by atoms with van der Waals surface area (Å²) < 4.78 is 0. The SMILES string of the molecule is CCN(c1ccc(C)cc1)c1nc(C)cc(C(=O)O)n1. The van der Waals surface area contributed by atoms with Crippen LogP contribution in [0, 0.1) is 13.8 Å². The Kier molecular flexibility index (Phi) is 3.98. The largest absolute Gasteiger partial charge is 0.477 e. The van der Waals surface area contributed by atoms with Gasteiger partial charge >= 0.3 is 5.97 Å². The van der Waals surface area contributed by atoms with Gasteiger partial charge in [-0.3, -0.25) is 0 Å². The molecule has 104 valence electrons. The Bertz CT molecular complexity index is 624. The third kappa shape index (κ3) is 2.93. The Balaban J connectivity index is 2.46. The van der Waals surface area contributed by atoms with Crippen molar-refractivity contribution in [3.63, 3.8) is 0 Å². The van der Waals surface area contributed by atoms with Crippen LogP contribution >= 0.6 is 0 Å². The van der Waals surface area contributed by atoms with Crippen molar-refractivity contribution in [2.75, 3.05) is 11.4 Å². The van der Waals surface area contributed by atoms with Gasteiger partial charge in [0.2, 0.25) is 5.95 Å². The average Bonchev–Trinajstić information content (AvgIpc) is 2.41. The Morgan fingerprint density at radius 3 is 2.40 bits per heavy atom. The summed E-state index contributed by atoms with van der Waals surface area (Å²) in [5.74, 6) is -0.634. The van der Waals surface area contributed by atoms with E-state index in [-0.39, 0.29) is 5.69 Å². The van der Waals surface area contributed by atoms with Crippen molar-refractivity contribution in [2.45, 2.75) is 20.8 Å². The first-order chi connectivity index (χ1) is 9.51. The molecule has 1 aromatic heterocycles. The van der Waals surface area contributed by atoms with Crippen LogP contribution in [0.5, 0.6) is 0 Å². The number of benzene rings is 1. The van der Waals surface area contributed by atoms with Gasteiger partial charge in [-0.2, -0.15) is 0 Å². The minimum atomic E-state index is -1.04. The van der Waals surface area contributed by atoms with Crippen molar-refractivity contribution >= 4 is 17.6 Å². The lowest BCUT2D eigenvalue weighted by atomic mass is 10.2. The molecule has 2 rings (SSSR count). The first kappa shape index (κ1) is 14.0. The number of carboxylic acids is 1. The minimum absolute atomic E-state index is 0.0121. The van der Waals surface area contributed by atoms with Crippen LogP contribution in [0.4, 0.5) is 11.6 Å². The van der Waals surface area contributed by atoms with E-state index in [1.165, 1.54) is 11.6 Å². The predicted octanol–water partition coefficient (Wildman–Crippen LogP) is 2.95. The fraction of sp³-hybridized carbons (Fsp3) is 0.267. The lowest BCUT2D eigenvalue weighted by molar-refractivity contribution is 0.0690. The second kappa shape index (κ2) is 5.69. The third-order valence-electron chi connectivity index (χ3n) is 2.96. The number of carboxylic acid groups (broad SMARTS) is 1. The van der Waals surface area contributed by atoms with Crippen LogP contribution in [0.2, 0.25) is 0 Å². The zero-order chi connectivity index (χ0) is 14.7. The maximum absolute atomic E-state index is 11.1. The molecule has 0 radical (unpaired) electrons. The first-order valence-electron chi connectivity index (χ1n) is 6.44. The number of hydrogen-bond donors (Lipinski definition) is 1. The van der Waals surface area contributed by atoms with Crippen molar-refractivity contribution in [3.8, 4) is 0 Å². The highest BCUT2D eigenvalue weighted by molar-refractivity contribution is 5.85. The summed E-state index contributed by atoms with van der Waals surface area (Å²) in [7, 11) is 0. The molecule has 0 unspecified atom stereocenters. The quantitative estimate of drug-likeness (QED) is 0.926. The highest BCUT2D eigenvalue weighted by Crippen LogP contribution is 2.22. The maximum Gasteiger partial charge on any atom is 0.354 e. The monoisotopic (exact) mass is 271 g/mol. The van der Waals surface area contributed by atoms with Gasteiger partial charge in [0.15, 0.2) is 5.69 Å². The minimum Gasteiger partial charge on any atom is -0.477 e. The van der Waals surface area contributed by atoms with Crippen LogP contribution in [-0.4, -0.2) is 27.6 Å². The molecule has 5 nitrogen and oxygen atoms in total. The fourth-order valence-corrected chi connectivity index (χ4v) is 1.95. The molecule has 0 saturated carbocycles. The summed E-state index contributed by atoms with van der Waals surface area (Å²) in [6.07, 6.45) is 0. The molecule has 0 aliphatic carbocycles. The molecule has 1 N–H and O–H groups in total. The van der Waals surface area contributed by atoms with E-state index in [0.717, 1.165) is 5.69 Å². The molecular formula is C15H17N3O2. The summed E-state index contributed by atoms with van der Waals surface area (Å²) in [5, 5.41) is 9.09. The Hall–Kier alpha value is -2.43. The predicted molar refractivity (Wildman–Crippen MR) is 77.6 cm³/mol. The van der Waals surface area contributed by atoms with Crippen LogP contribution in [0.3, 0.4) is 0 Å². The van der Waals surface area contributed by atoms with E-state index in [9.17, 15) is 4.79 Å². The van der Waals surface area contributed by atoms with E-state index in [1.807, 2.05) is 43.0 Å². The van der Waals surface area contributed by atoms with Crippen LogP contribution in [0.25, 0.3) is 0 Å². The zero-order valence-electron chi connectivity index (χ0n) is 11.8. The molecule has 0 amide bonds. The molecule has 1 heterocycles. The van der Waals surface area contributed by atoms with Crippen LogP contribution in [0.1, 0.15) is 28.7 Å². The first-order valence-corrected chi connectivity index (χ1v) is 6.44. The lowest BCUT2D eigenvalue weighted by Gasteiger charge is -2.21. The number of rotatable bonds is 4. The molecule has 0 fully saturated rings. The van der Waals surface area contributed by atoms with E-state index in [1.54, 1.807) is 6.92 Å². The maximum atomic E-state index is 11.1. The molecule has 5 heteroatoms. The van der Waals surface area contributed by atoms with Gasteiger partial charge in [-0.25, -0.2) is 14.8 Å². The van der Waals surface area contributed by atoms with E-state index in [4.69, 9.17) is 5.11 Å². The summed E-state index contributed by atoms with van der Waals surface area (Å²) in [5.41, 5.74) is 2.76. The number of nitrogens with zero attached hydrogens (tertiary/aromatic N) is 3. The van der Waals surface area contributed by atoms with E-state index < -0.39 is 5.97 Å². The fourth-order valence-electron chi connectivity index (χ4n) is 1.95. The van der Waals surface area contributed by atoms with E-state index >= 15 is 0 Å². The van der Waals surface area contributed by atoms with Crippen molar-refractivity contribution in [3.05, 3.63) is 47.3 Å². The van der Waals surface area contributed by atoms with Gasteiger partial charge in [-0.1, -0.05) is 17.7 Å². The van der Waals surface area contributed by atoms with Gasteiger partial charge in [0.25, 0.3) is 0 Å². The molecule has 0 spiro atoms. The lowest BCUT2D eigenvalue weighted by Crippen LogP contribution is -2.20. The average molecular weight is 271 g/mol. The normalized spacial score (nSPS) is 10.3. The molecular weight excluding hydrogens is 254 g/mol. The Morgan fingerprint density at radius 1 is 1.20 bits per heavy atom. The topological polar surface area (TPSA) is 66.3 Å². The van der Waals surface area contributed by atoms with Crippen molar-refractivity contribution in [1.29, 1.82) is 0 Å². The molecule has 0 bridgehead atoms. The van der Waals surface area contributed by atoms with Crippen LogP contribution in [0.15, 0.2) is 30.3 Å². The summed E-state index contributed by atoms with van der Waals surface area (Å²) in [4.78, 5) is 21.4. The molecule has 0 aliphatic rings. The standard InChI is InChI=1S/C15H17N3O2/c1-4-18(12-7-5-10(2)6-8-12)15-16-11(3)9-13(17-15)14(19)20/h5-9H,4H2,1-3H3,(H,19,20). The highest BCUT2D eigenvalue weighted by atomic mass is 16.4. The molecule has 20 heavy (non-hydrogen) atoms. The van der Waals surface area contributed by atoms with Gasteiger partial charge in [0, 0.05) is 17.9 Å². The smallest absolute Gasteiger partial charge is 0.354 e. The van der Waals surface area contributed by atoms with Crippen molar-refractivity contribution < 1.29 is 9.90 Å². The number of anilines is 2. The number of aryl methyl sites for hydroxylation is 2. The highest BCUT2D eigenvalue weighted by Gasteiger charge is 2.14. The molecule has 0 aliphatic heterocycles. The second-order valence-corrected chi connectivity index (χ2v) is 4.58. The summed E-state index contributed by atoms with van der Waals surface area (Å²) >= 11 is 0. The number of hydrogen-bond acceptors (Lipinski definition) is 4.